The lowest BCUT2D eigenvalue weighted by Crippen LogP contribution is -2.25. The third kappa shape index (κ3) is 5.89. The molecule has 0 spiro atoms. The van der Waals surface area contributed by atoms with Gasteiger partial charge in [0.2, 0.25) is 21.8 Å². The van der Waals surface area contributed by atoms with E-state index in [2.05, 4.69) is 15.1 Å². The lowest BCUT2D eigenvalue weighted by molar-refractivity contribution is -0.119. The van der Waals surface area contributed by atoms with Gasteiger partial charge in [0, 0.05) is 23.7 Å². The average molecular weight is 541 g/mol. The van der Waals surface area contributed by atoms with Crippen LogP contribution in [0.25, 0.3) is 5.69 Å². The first-order chi connectivity index (χ1) is 18.1. The Kier molecular flexibility index (Phi) is 8.17. The molecule has 0 aliphatic heterocycles. The van der Waals surface area contributed by atoms with Crippen LogP contribution in [0.15, 0.2) is 47.4 Å². The van der Waals surface area contributed by atoms with E-state index >= 15 is 0 Å². The summed E-state index contributed by atoms with van der Waals surface area (Å²) in [4.78, 5) is 24.4. The Morgan fingerprint density at radius 2 is 1.79 bits per heavy atom. The van der Waals surface area contributed by atoms with Crippen LogP contribution in [0.5, 0.6) is 11.6 Å². The van der Waals surface area contributed by atoms with Gasteiger partial charge in [-0.25, -0.2) is 17.9 Å². The number of carbonyl (C=O) groups is 2. The number of aryl methyl sites for hydroxylation is 1. The molecule has 0 radical (unpaired) electrons. The van der Waals surface area contributed by atoms with Crippen LogP contribution < -0.4 is 14.8 Å². The summed E-state index contributed by atoms with van der Waals surface area (Å²) < 4.78 is 36.5. The molecule has 202 valence electrons. The lowest BCUT2D eigenvalue weighted by Gasteiger charge is -2.16. The van der Waals surface area contributed by atoms with Gasteiger partial charge in [0.1, 0.15) is 10.6 Å². The maximum Gasteiger partial charge on any atom is 0.356 e. The van der Waals surface area contributed by atoms with E-state index < -0.39 is 16.0 Å². The lowest BCUT2D eigenvalue weighted by atomic mass is 10.1. The topological polar surface area (TPSA) is 140 Å². The Hall–Kier alpha value is -3.70. The van der Waals surface area contributed by atoms with Crippen LogP contribution in [0.3, 0.4) is 0 Å². The molecule has 3 aromatic rings. The number of hydrogen-bond acceptors (Lipinski definition) is 6. The normalized spacial score (nSPS) is 14.0. The number of nitrogens with zero attached hydrogens (tertiary/aromatic N) is 2. The summed E-state index contributed by atoms with van der Waals surface area (Å²) in [5.41, 5.74) is 1.91. The number of carboxylic acids is 1. The molecule has 1 saturated carbocycles. The number of nitrogens with one attached hydrogen (secondary N) is 2. The molecule has 3 N–H and O–H groups in total. The number of carbonyl (C=O) groups excluding carboxylic acids is 1. The van der Waals surface area contributed by atoms with Gasteiger partial charge in [-0.15, -0.1) is 0 Å². The summed E-state index contributed by atoms with van der Waals surface area (Å²) in [7, 11) is -4.03. The van der Waals surface area contributed by atoms with Crippen molar-refractivity contribution in [3.63, 3.8) is 0 Å². The SMILES string of the molecule is CCCNS(=O)(=O)c1cc(NC(=O)C2CCCC2)ccc1Oc1c(C)c(C(=O)O)nn1-c1ccc(C)cc1. The fourth-order valence-electron chi connectivity index (χ4n) is 4.40. The maximum absolute atomic E-state index is 13.3. The quantitative estimate of drug-likeness (QED) is 0.336. The van der Waals surface area contributed by atoms with E-state index in [1.165, 1.54) is 16.8 Å². The molecule has 0 bridgehead atoms. The van der Waals surface area contributed by atoms with E-state index in [0.29, 0.717) is 17.8 Å². The van der Waals surface area contributed by atoms with Gasteiger partial charge >= 0.3 is 5.97 Å². The molecule has 1 heterocycles. The van der Waals surface area contributed by atoms with Gasteiger partial charge in [-0.05, 0) is 63.4 Å². The Morgan fingerprint density at radius 3 is 2.42 bits per heavy atom. The number of anilines is 1. The van der Waals surface area contributed by atoms with E-state index in [1.54, 1.807) is 25.1 Å². The molecule has 0 atom stereocenters. The van der Waals surface area contributed by atoms with Crippen molar-refractivity contribution in [1.29, 1.82) is 0 Å². The minimum absolute atomic E-state index is 0.0271. The highest BCUT2D eigenvalue weighted by atomic mass is 32.2. The molecule has 11 heteroatoms. The average Bonchev–Trinajstić information content (AvgIpc) is 3.53. The molecular formula is C27H32N4O6S. The van der Waals surface area contributed by atoms with Gasteiger partial charge in [-0.1, -0.05) is 37.5 Å². The van der Waals surface area contributed by atoms with E-state index in [1.807, 2.05) is 26.0 Å². The fourth-order valence-corrected chi connectivity index (χ4v) is 5.68. The number of aromatic nitrogens is 2. The summed E-state index contributed by atoms with van der Waals surface area (Å²) in [6.45, 7) is 5.53. The highest BCUT2D eigenvalue weighted by molar-refractivity contribution is 7.89. The van der Waals surface area contributed by atoms with Crippen molar-refractivity contribution < 1.29 is 27.9 Å². The molecule has 10 nitrogen and oxygen atoms in total. The molecule has 1 aliphatic carbocycles. The van der Waals surface area contributed by atoms with E-state index in [4.69, 9.17) is 4.74 Å². The summed E-state index contributed by atoms with van der Waals surface area (Å²) in [5.74, 6) is -1.42. The molecule has 38 heavy (non-hydrogen) atoms. The van der Waals surface area contributed by atoms with Crippen molar-refractivity contribution in [2.75, 3.05) is 11.9 Å². The number of aromatic carboxylic acids is 1. The predicted octanol–water partition coefficient (Wildman–Crippen LogP) is 4.80. The number of benzene rings is 2. The Bertz CT molecular complexity index is 1440. The minimum atomic E-state index is -4.03. The van der Waals surface area contributed by atoms with Crippen LogP contribution in [-0.2, 0) is 14.8 Å². The number of hydrogen-bond donors (Lipinski definition) is 3. The predicted molar refractivity (Wildman–Crippen MR) is 143 cm³/mol. The van der Waals surface area contributed by atoms with Crippen molar-refractivity contribution in [1.82, 2.24) is 14.5 Å². The zero-order chi connectivity index (χ0) is 27.4. The molecule has 0 unspecified atom stereocenters. The second-order valence-electron chi connectivity index (χ2n) is 9.46. The Morgan fingerprint density at radius 1 is 1.11 bits per heavy atom. The minimum Gasteiger partial charge on any atom is -0.476 e. The molecule has 0 saturated heterocycles. The van der Waals surface area contributed by atoms with Crippen LogP contribution in [0, 0.1) is 19.8 Å². The number of carboxylic acid groups (broad SMARTS) is 1. The van der Waals surface area contributed by atoms with Crippen LogP contribution in [0.2, 0.25) is 0 Å². The van der Waals surface area contributed by atoms with Gasteiger partial charge in [0.15, 0.2) is 5.69 Å². The molecular weight excluding hydrogens is 508 g/mol. The zero-order valence-corrected chi connectivity index (χ0v) is 22.5. The summed E-state index contributed by atoms with van der Waals surface area (Å²) in [5, 5.41) is 16.7. The molecule has 1 aromatic heterocycles. The van der Waals surface area contributed by atoms with Gasteiger partial charge in [-0.2, -0.15) is 9.78 Å². The first-order valence-corrected chi connectivity index (χ1v) is 14.1. The highest BCUT2D eigenvalue weighted by Crippen LogP contribution is 2.36. The Labute approximate surface area is 222 Å². The third-order valence-electron chi connectivity index (χ3n) is 6.52. The van der Waals surface area contributed by atoms with Crippen LogP contribution in [-0.4, -0.2) is 41.7 Å². The van der Waals surface area contributed by atoms with Crippen LogP contribution in [0.4, 0.5) is 5.69 Å². The van der Waals surface area contributed by atoms with Crippen molar-refractivity contribution >= 4 is 27.6 Å². The zero-order valence-electron chi connectivity index (χ0n) is 21.7. The maximum atomic E-state index is 13.3. The van der Waals surface area contributed by atoms with E-state index in [0.717, 1.165) is 31.2 Å². The first kappa shape index (κ1) is 27.3. The number of amides is 1. The number of ether oxygens (including phenoxy) is 1. The van der Waals surface area contributed by atoms with E-state index in [-0.39, 0.29) is 46.2 Å². The molecule has 2 aromatic carbocycles. The van der Waals surface area contributed by atoms with Crippen molar-refractivity contribution in [2.45, 2.75) is 57.8 Å². The van der Waals surface area contributed by atoms with Gasteiger partial charge < -0.3 is 15.2 Å². The standard InChI is InChI=1S/C27H32N4O6S/c1-4-15-28-38(35,36)23-16-20(29-25(32)19-7-5-6-8-19)11-14-22(23)37-26-18(3)24(27(33)34)30-31(26)21-12-9-17(2)10-13-21/h9-14,16,19,28H,4-8,15H2,1-3H3,(H,29,32)(H,33,34). The second-order valence-corrected chi connectivity index (χ2v) is 11.2. The molecule has 1 aliphatic rings. The van der Waals surface area contributed by atoms with Crippen LogP contribution >= 0.6 is 0 Å². The molecule has 4 rings (SSSR count). The summed E-state index contributed by atoms with van der Waals surface area (Å²) in [6.07, 6.45) is 4.19. The van der Waals surface area contributed by atoms with Crippen molar-refractivity contribution in [3.8, 4) is 17.3 Å². The van der Waals surface area contributed by atoms with Gasteiger partial charge in [0.05, 0.1) is 5.69 Å². The summed E-state index contributed by atoms with van der Waals surface area (Å²) in [6, 6.07) is 11.6. The second kappa shape index (κ2) is 11.4. The molecule has 1 amide bonds. The largest absolute Gasteiger partial charge is 0.476 e. The monoisotopic (exact) mass is 540 g/mol. The Balaban J connectivity index is 1.77. The number of rotatable bonds is 10. The van der Waals surface area contributed by atoms with Gasteiger partial charge in [0.25, 0.3) is 0 Å². The smallest absolute Gasteiger partial charge is 0.356 e. The highest BCUT2D eigenvalue weighted by Gasteiger charge is 2.27. The van der Waals surface area contributed by atoms with Crippen LogP contribution in [0.1, 0.15) is 60.6 Å². The van der Waals surface area contributed by atoms with Gasteiger partial charge in [-0.3, -0.25) is 4.79 Å². The fraction of sp³-hybridized carbons (Fsp3) is 0.370. The van der Waals surface area contributed by atoms with Crippen molar-refractivity contribution in [3.05, 3.63) is 59.3 Å². The number of sulfonamides is 1. The summed E-state index contributed by atoms with van der Waals surface area (Å²) >= 11 is 0. The van der Waals surface area contributed by atoms with Crippen molar-refractivity contribution in [2.24, 2.45) is 5.92 Å². The molecule has 1 fully saturated rings. The third-order valence-corrected chi connectivity index (χ3v) is 8.01. The first-order valence-electron chi connectivity index (χ1n) is 12.6. The van der Waals surface area contributed by atoms with E-state index in [9.17, 15) is 23.1 Å².